The van der Waals surface area contributed by atoms with E-state index in [1.165, 1.54) is 21.9 Å². The summed E-state index contributed by atoms with van der Waals surface area (Å²) in [7, 11) is 0. The van der Waals surface area contributed by atoms with E-state index >= 15 is 0 Å². The van der Waals surface area contributed by atoms with E-state index in [0.29, 0.717) is 4.96 Å². The summed E-state index contributed by atoms with van der Waals surface area (Å²) >= 11 is 1.25. The Labute approximate surface area is 116 Å². The molecular formula is C11H11N3O5S. The zero-order valence-electron chi connectivity index (χ0n) is 10.4. The monoisotopic (exact) mass is 297 g/mol. The summed E-state index contributed by atoms with van der Waals surface area (Å²) < 4.78 is 1.22. The number of carbonyl (C=O) groups is 2. The lowest BCUT2D eigenvalue weighted by Crippen LogP contribution is -2.47. The first-order valence-electron chi connectivity index (χ1n) is 5.52. The molecule has 0 bridgehead atoms. The van der Waals surface area contributed by atoms with Gasteiger partial charge in [-0.1, -0.05) is 0 Å². The number of thiazole rings is 1. The van der Waals surface area contributed by atoms with Crippen LogP contribution in [0.1, 0.15) is 17.3 Å². The third-order valence-corrected chi connectivity index (χ3v) is 3.41. The van der Waals surface area contributed by atoms with Crippen molar-refractivity contribution in [2.24, 2.45) is 0 Å². The molecule has 8 nitrogen and oxygen atoms in total. The summed E-state index contributed by atoms with van der Waals surface area (Å²) in [6.07, 6.45) is 2.61. The zero-order valence-corrected chi connectivity index (χ0v) is 11.2. The molecular weight excluding hydrogens is 286 g/mol. The van der Waals surface area contributed by atoms with Crippen LogP contribution in [-0.4, -0.2) is 43.6 Å². The molecule has 9 heteroatoms. The van der Waals surface area contributed by atoms with Crippen LogP contribution in [0.25, 0.3) is 4.96 Å². The Morgan fingerprint density at radius 1 is 1.55 bits per heavy atom. The minimum absolute atomic E-state index is 0.220. The summed E-state index contributed by atoms with van der Waals surface area (Å²) in [5.41, 5.74) is -2.88. The Morgan fingerprint density at radius 3 is 2.90 bits per heavy atom. The molecule has 2 rings (SSSR count). The molecule has 2 aromatic rings. The fraction of sp³-hybridized carbons (Fsp3) is 0.273. The highest BCUT2D eigenvalue weighted by Gasteiger charge is 2.30. The molecule has 3 N–H and O–H groups in total. The van der Waals surface area contributed by atoms with Gasteiger partial charge in [0.25, 0.3) is 11.5 Å². The largest absolute Gasteiger partial charge is 0.479 e. The molecule has 20 heavy (non-hydrogen) atoms. The Bertz CT molecular complexity index is 733. The van der Waals surface area contributed by atoms with E-state index in [1.54, 1.807) is 5.38 Å². The first-order valence-corrected chi connectivity index (χ1v) is 6.40. The second-order valence-corrected chi connectivity index (χ2v) is 5.17. The van der Waals surface area contributed by atoms with Crippen molar-refractivity contribution < 1.29 is 19.8 Å². The van der Waals surface area contributed by atoms with Gasteiger partial charge in [0.15, 0.2) is 10.6 Å². The number of aromatic nitrogens is 2. The zero-order chi connectivity index (χ0) is 14.9. The lowest BCUT2D eigenvalue weighted by atomic mass is 10.1. The van der Waals surface area contributed by atoms with Crippen molar-refractivity contribution in [1.82, 2.24) is 14.7 Å². The van der Waals surface area contributed by atoms with Gasteiger partial charge in [-0.05, 0) is 6.92 Å². The summed E-state index contributed by atoms with van der Waals surface area (Å²) in [4.78, 5) is 38.9. The van der Waals surface area contributed by atoms with Gasteiger partial charge in [0, 0.05) is 17.8 Å². The molecule has 0 fully saturated rings. The van der Waals surface area contributed by atoms with Crippen LogP contribution < -0.4 is 10.9 Å². The van der Waals surface area contributed by atoms with E-state index < -0.39 is 29.6 Å². The van der Waals surface area contributed by atoms with E-state index in [2.05, 4.69) is 10.3 Å². The maximum absolute atomic E-state index is 12.0. The van der Waals surface area contributed by atoms with Gasteiger partial charge < -0.3 is 15.5 Å². The number of nitrogens with zero attached hydrogens (tertiary/aromatic N) is 2. The van der Waals surface area contributed by atoms with Crippen molar-refractivity contribution in [2.45, 2.75) is 12.5 Å². The van der Waals surface area contributed by atoms with Crippen LogP contribution in [-0.2, 0) is 4.79 Å². The lowest BCUT2D eigenvalue weighted by Gasteiger charge is -2.17. The molecule has 0 spiro atoms. The van der Waals surface area contributed by atoms with Crippen LogP contribution in [0, 0.1) is 0 Å². The predicted octanol–water partition coefficient (Wildman–Crippen LogP) is -0.679. The molecule has 0 saturated heterocycles. The number of amides is 1. The van der Waals surface area contributed by atoms with E-state index in [9.17, 15) is 19.5 Å². The topological polar surface area (TPSA) is 121 Å². The average Bonchev–Trinajstić information content (AvgIpc) is 2.85. The standard InChI is InChI=1S/C11H11N3O5S/c1-11(19,9(17)18)5-13-7(15)6-4-12-10-14(8(6)16)2-3-20-10/h2-4,19H,5H2,1H3,(H,13,15)(H,17,18). The van der Waals surface area contributed by atoms with Crippen LogP contribution in [0.2, 0.25) is 0 Å². The summed E-state index contributed by atoms with van der Waals surface area (Å²) in [5.74, 6) is -2.26. The predicted molar refractivity (Wildman–Crippen MR) is 69.9 cm³/mol. The van der Waals surface area contributed by atoms with Gasteiger partial charge in [-0.3, -0.25) is 14.0 Å². The Morgan fingerprint density at radius 2 is 2.25 bits per heavy atom. The molecule has 0 saturated carbocycles. The minimum atomic E-state index is -2.11. The van der Waals surface area contributed by atoms with Crippen LogP contribution in [0.15, 0.2) is 22.6 Å². The first kappa shape index (κ1) is 14.2. The third-order valence-electron chi connectivity index (χ3n) is 2.64. The Kier molecular flexibility index (Phi) is 3.55. The highest BCUT2D eigenvalue weighted by molar-refractivity contribution is 7.15. The number of nitrogens with one attached hydrogen (secondary N) is 1. The number of carboxylic acids is 1. The lowest BCUT2D eigenvalue weighted by molar-refractivity contribution is -0.155. The fourth-order valence-corrected chi connectivity index (χ4v) is 2.08. The van der Waals surface area contributed by atoms with Crippen LogP contribution >= 0.6 is 11.3 Å². The van der Waals surface area contributed by atoms with Gasteiger partial charge in [-0.25, -0.2) is 9.78 Å². The molecule has 0 aromatic carbocycles. The second-order valence-electron chi connectivity index (χ2n) is 4.29. The van der Waals surface area contributed by atoms with E-state index in [-0.39, 0.29) is 5.56 Å². The fourth-order valence-electron chi connectivity index (χ4n) is 1.40. The molecule has 2 heterocycles. The number of rotatable bonds is 4. The molecule has 106 valence electrons. The van der Waals surface area contributed by atoms with Crippen molar-refractivity contribution >= 4 is 28.2 Å². The van der Waals surface area contributed by atoms with Crippen LogP contribution in [0.3, 0.4) is 0 Å². The minimum Gasteiger partial charge on any atom is -0.479 e. The molecule has 1 unspecified atom stereocenters. The van der Waals surface area contributed by atoms with Gasteiger partial charge in [-0.2, -0.15) is 0 Å². The summed E-state index contributed by atoms with van der Waals surface area (Å²) in [6, 6.07) is 0. The highest BCUT2D eigenvalue weighted by Crippen LogP contribution is 2.06. The number of hydrogen-bond acceptors (Lipinski definition) is 6. The van der Waals surface area contributed by atoms with Crippen molar-refractivity contribution in [3.8, 4) is 0 Å². The molecule has 0 aliphatic rings. The number of aliphatic hydroxyl groups is 1. The van der Waals surface area contributed by atoms with E-state index in [1.807, 2.05) is 0 Å². The van der Waals surface area contributed by atoms with Crippen molar-refractivity contribution in [3.05, 3.63) is 33.7 Å². The molecule has 2 aromatic heterocycles. The molecule has 1 amide bonds. The highest BCUT2D eigenvalue weighted by atomic mass is 32.1. The quantitative estimate of drug-likeness (QED) is 0.687. The van der Waals surface area contributed by atoms with Gasteiger partial charge in [0.1, 0.15) is 5.56 Å². The van der Waals surface area contributed by atoms with Gasteiger partial charge in [0.05, 0.1) is 6.54 Å². The molecule has 0 aliphatic carbocycles. The number of fused-ring (bicyclic) bond motifs is 1. The van der Waals surface area contributed by atoms with Crippen molar-refractivity contribution in [2.75, 3.05) is 6.54 Å². The van der Waals surface area contributed by atoms with Crippen molar-refractivity contribution in [1.29, 1.82) is 0 Å². The number of carboxylic acid groups (broad SMARTS) is 1. The summed E-state index contributed by atoms with van der Waals surface area (Å²) in [5, 5.41) is 22.1. The summed E-state index contributed by atoms with van der Waals surface area (Å²) in [6.45, 7) is 0.524. The van der Waals surface area contributed by atoms with Gasteiger partial charge in [-0.15, -0.1) is 11.3 Å². The second kappa shape index (κ2) is 5.02. The number of carbonyl (C=O) groups excluding carboxylic acids is 1. The smallest absolute Gasteiger partial charge is 0.337 e. The Hall–Kier alpha value is -2.26. The normalized spacial score (nSPS) is 13.9. The van der Waals surface area contributed by atoms with E-state index in [4.69, 9.17) is 5.11 Å². The third kappa shape index (κ3) is 2.53. The van der Waals surface area contributed by atoms with Crippen LogP contribution in [0.5, 0.6) is 0 Å². The van der Waals surface area contributed by atoms with Gasteiger partial charge in [0.2, 0.25) is 0 Å². The molecule has 1 atom stereocenters. The first-order chi connectivity index (χ1) is 9.33. The maximum atomic E-state index is 12.0. The van der Waals surface area contributed by atoms with Gasteiger partial charge >= 0.3 is 5.97 Å². The number of aliphatic carboxylic acids is 1. The SMILES string of the molecule is CC(O)(CNC(=O)c1cnc2sccn2c1=O)C(=O)O. The average molecular weight is 297 g/mol. The Balaban J connectivity index is 2.22. The van der Waals surface area contributed by atoms with E-state index in [0.717, 1.165) is 13.1 Å². The maximum Gasteiger partial charge on any atom is 0.337 e. The number of hydrogen-bond donors (Lipinski definition) is 3. The van der Waals surface area contributed by atoms with Crippen molar-refractivity contribution in [3.63, 3.8) is 0 Å². The molecule has 0 aliphatic heterocycles. The molecule has 0 radical (unpaired) electrons. The van der Waals surface area contributed by atoms with Crippen LogP contribution in [0.4, 0.5) is 0 Å².